The van der Waals surface area contributed by atoms with Gasteiger partial charge in [-0.1, -0.05) is 25.5 Å². The lowest BCUT2D eigenvalue weighted by molar-refractivity contribution is -0.125. The fourth-order valence-corrected chi connectivity index (χ4v) is 3.21. The van der Waals surface area contributed by atoms with Gasteiger partial charge in [-0.15, -0.1) is 0 Å². The first-order valence-corrected chi connectivity index (χ1v) is 7.25. The van der Waals surface area contributed by atoms with Gasteiger partial charge >= 0.3 is 0 Å². The van der Waals surface area contributed by atoms with E-state index in [-0.39, 0.29) is 17.4 Å². The van der Waals surface area contributed by atoms with E-state index in [0.29, 0.717) is 19.5 Å². The van der Waals surface area contributed by atoms with Crippen molar-refractivity contribution in [1.29, 1.82) is 0 Å². The number of nitrogens with zero attached hydrogens (tertiary/aromatic N) is 1. The van der Waals surface area contributed by atoms with Gasteiger partial charge in [0.2, 0.25) is 5.91 Å². The van der Waals surface area contributed by atoms with Crippen molar-refractivity contribution >= 4 is 5.91 Å². The lowest BCUT2D eigenvalue weighted by Crippen LogP contribution is -2.28. The number of rotatable bonds is 2. The summed E-state index contributed by atoms with van der Waals surface area (Å²) in [5.74, 6) is 0.0261. The van der Waals surface area contributed by atoms with E-state index < -0.39 is 0 Å². The molecule has 3 nitrogen and oxygen atoms in total. The van der Waals surface area contributed by atoms with Crippen LogP contribution in [0.3, 0.4) is 0 Å². The maximum atomic E-state index is 12.1. The van der Waals surface area contributed by atoms with Crippen molar-refractivity contribution in [3.8, 4) is 0 Å². The molecule has 3 heteroatoms. The van der Waals surface area contributed by atoms with Crippen molar-refractivity contribution < 1.29 is 9.90 Å². The topological polar surface area (TPSA) is 40.5 Å². The van der Waals surface area contributed by atoms with Crippen LogP contribution in [0.1, 0.15) is 46.5 Å². The maximum Gasteiger partial charge on any atom is 0.246 e. The molecule has 106 valence electrons. The van der Waals surface area contributed by atoms with E-state index >= 15 is 0 Å². The molecular weight excluding hydrogens is 238 g/mol. The van der Waals surface area contributed by atoms with E-state index in [1.807, 2.05) is 6.08 Å². The van der Waals surface area contributed by atoms with Gasteiger partial charge < -0.3 is 10.0 Å². The quantitative estimate of drug-likeness (QED) is 0.778. The van der Waals surface area contributed by atoms with Crippen LogP contribution in [0.4, 0.5) is 0 Å². The molecule has 1 heterocycles. The molecule has 2 aliphatic rings. The van der Waals surface area contributed by atoms with Crippen LogP contribution in [-0.4, -0.2) is 35.1 Å². The smallest absolute Gasteiger partial charge is 0.246 e. The summed E-state index contributed by atoms with van der Waals surface area (Å²) in [7, 11) is 0. The number of hydrogen-bond donors (Lipinski definition) is 1. The highest BCUT2D eigenvalue weighted by atomic mass is 16.3. The van der Waals surface area contributed by atoms with Crippen molar-refractivity contribution in [3.63, 3.8) is 0 Å². The average Bonchev–Trinajstić information content (AvgIpc) is 2.74. The van der Waals surface area contributed by atoms with E-state index in [1.165, 1.54) is 24.0 Å². The largest absolute Gasteiger partial charge is 0.391 e. The second kappa shape index (κ2) is 5.49. The Morgan fingerprint density at radius 1 is 1.47 bits per heavy atom. The second-order valence-electron chi connectivity index (χ2n) is 6.49. The number of carbonyl (C=O) groups is 1. The number of carbonyl (C=O) groups excluding carboxylic acids is 1. The monoisotopic (exact) mass is 263 g/mol. The molecule has 0 aromatic heterocycles. The molecule has 1 aliphatic heterocycles. The van der Waals surface area contributed by atoms with Gasteiger partial charge in [0.15, 0.2) is 0 Å². The molecule has 0 radical (unpaired) electrons. The zero-order chi connectivity index (χ0) is 14.0. The fourth-order valence-electron chi connectivity index (χ4n) is 3.21. The predicted octanol–water partition coefficient (Wildman–Crippen LogP) is 2.66. The number of hydrogen-bond acceptors (Lipinski definition) is 2. The molecule has 1 N–H and O–H groups in total. The van der Waals surface area contributed by atoms with Crippen LogP contribution in [0.2, 0.25) is 0 Å². The van der Waals surface area contributed by atoms with E-state index in [9.17, 15) is 9.90 Å². The Bertz CT molecular complexity index is 420. The summed E-state index contributed by atoms with van der Waals surface area (Å²) in [5.41, 5.74) is 2.89. The number of aliphatic hydroxyl groups excluding tert-OH is 1. The molecule has 0 aromatic carbocycles. The van der Waals surface area contributed by atoms with Gasteiger partial charge in [-0.25, -0.2) is 0 Å². The van der Waals surface area contributed by atoms with Crippen LogP contribution < -0.4 is 0 Å². The van der Waals surface area contributed by atoms with E-state index in [1.54, 1.807) is 11.0 Å². The maximum absolute atomic E-state index is 12.1. The van der Waals surface area contributed by atoms with Gasteiger partial charge in [-0.05, 0) is 43.6 Å². The van der Waals surface area contributed by atoms with Crippen LogP contribution >= 0.6 is 0 Å². The summed E-state index contributed by atoms with van der Waals surface area (Å²) < 4.78 is 0. The minimum absolute atomic E-state index is 0.0261. The molecule has 0 unspecified atom stereocenters. The zero-order valence-electron chi connectivity index (χ0n) is 12.3. The van der Waals surface area contributed by atoms with Gasteiger partial charge in [-0.2, -0.15) is 0 Å². The summed E-state index contributed by atoms with van der Waals surface area (Å²) >= 11 is 0. The first-order valence-electron chi connectivity index (χ1n) is 7.25. The lowest BCUT2D eigenvalue weighted by Gasteiger charge is -2.32. The number of likely N-dealkylation sites (tertiary alicyclic amines) is 1. The Hall–Kier alpha value is -1.09. The molecule has 1 amide bonds. The van der Waals surface area contributed by atoms with Crippen molar-refractivity contribution in [2.45, 2.75) is 52.6 Å². The van der Waals surface area contributed by atoms with Crippen LogP contribution in [-0.2, 0) is 4.79 Å². The molecule has 0 saturated carbocycles. The number of aliphatic hydroxyl groups is 1. The highest BCUT2D eigenvalue weighted by Crippen LogP contribution is 2.40. The minimum Gasteiger partial charge on any atom is -0.391 e. The zero-order valence-corrected chi connectivity index (χ0v) is 12.3. The molecule has 0 spiro atoms. The Morgan fingerprint density at radius 3 is 2.79 bits per heavy atom. The standard InChI is InChI=1S/C16H25NO2/c1-12-5-4-9-16(2,3)14(12)6-7-15(19)17-10-8-13(18)11-17/h6-7,13,18H,4-5,8-11H2,1-3H3/t13-/m1/s1. The average molecular weight is 263 g/mol. The molecular formula is C16H25NO2. The van der Waals surface area contributed by atoms with Gasteiger partial charge in [0.25, 0.3) is 0 Å². The lowest BCUT2D eigenvalue weighted by atomic mass is 9.72. The molecule has 2 rings (SSSR count). The molecule has 0 bridgehead atoms. The molecule has 1 saturated heterocycles. The summed E-state index contributed by atoms with van der Waals surface area (Å²) in [6.45, 7) is 7.82. The third-order valence-corrected chi connectivity index (χ3v) is 4.41. The molecule has 1 aliphatic carbocycles. The first kappa shape index (κ1) is 14.3. The molecule has 19 heavy (non-hydrogen) atoms. The van der Waals surface area contributed by atoms with Crippen LogP contribution in [0.5, 0.6) is 0 Å². The van der Waals surface area contributed by atoms with E-state index in [4.69, 9.17) is 0 Å². The summed E-state index contributed by atoms with van der Waals surface area (Å²) in [6.07, 6.45) is 7.60. The fraction of sp³-hybridized carbons (Fsp3) is 0.688. The minimum atomic E-state index is -0.343. The first-order chi connectivity index (χ1) is 8.90. The van der Waals surface area contributed by atoms with Crippen molar-refractivity contribution in [2.24, 2.45) is 5.41 Å². The number of amides is 1. The van der Waals surface area contributed by atoms with Crippen molar-refractivity contribution in [2.75, 3.05) is 13.1 Å². The van der Waals surface area contributed by atoms with Gasteiger partial charge in [0.05, 0.1) is 6.10 Å². The summed E-state index contributed by atoms with van der Waals surface area (Å²) in [5, 5.41) is 9.46. The molecule has 1 atom stereocenters. The Kier molecular flexibility index (Phi) is 4.14. The van der Waals surface area contributed by atoms with E-state index in [0.717, 1.165) is 6.42 Å². The van der Waals surface area contributed by atoms with Crippen LogP contribution in [0, 0.1) is 5.41 Å². The molecule has 0 aromatic rings. The van der Waals surface area contributed by atoms with Gasteiger partial charge in [-0.3, -0.25) is 4.79 Å². The highest BCUT2D eigenvalue weighted by molar-refractivity contribution is 5.88. The Labute approximate surface area is 116 Å². The third-order valence-electron chi connectivity index (χ3n) is 4.41. The third kappa shape index (κ3) is 3.27. The Balaban J connectivity index is 2.07. The van der Waals surface area contributed by atoms with E-state index in [2.05, 4.69) is 20.8 Å². The number of β-amino-alcohol motifs (C(OH)–C–C–N with tert-alkyl or cyclic N) is 1. The van der Waals surface area contributed by atoms with Gasteiger partial charge in [0.1, 0.15) is 0 Å². The Morgan fingerprint density at radius 2 is 2.21 bits per heavy atom. The summed E-state index contributed by atoms with van der Waals surface area (Å²) in [6, 6.07) is 0. The van der Waals surface area contributed by atoms with Crippen molar-refractivity contribution in [1.82, 2.24) is 4.90 Å². The SMILES string of the molecule is CC1=C(C=CC(=O)N2CC[C@@H](O)C2)C(C)(C)CCC1. The van der Waals surface area contributed by atoms with Crippen LogP contribution in [0.15, 0.2) is 23.3 Å². The van der Waals surface area contributed by atoms with Crippen molar-refractivity contribution in [3.05, 3.63) is 23.3 Å². The highest BCUT2D eigenvalue weighted by Gasteiger charge is 2.27. The van der Waals surface area contributed by atoms with Gasteiger partial charge in [0, 0.05) is 19.2 Å². The number of allylic oxidation sites excluding steroid dienone is 3. The summed E-state index contributed by atoms with van der Waals surface area (Å²) in [4.78, 5) is 13.8. The molecule has 1 fully saturated rings. The second-order valence-corrected chi connectivity index (χ2v) is 6.49. The van der Waals surface area contributed by atoms with Crippen LogP contribution in [0.25, 0.3) is 0 Å². The normalized spacial score (nSPS) is 27.4. The predicted molar refractivity (Wildman–Crippen MR) is 76.7 cm³/mol.